The van der Waals surface area contributed by atoms with Gasteiger partial charge in [-0.05, 0) is 6.92 Å². The average Bonchev–Trinajstić information content (AvgIpc) is 2.88. The van der Waals surface area contributed by atoms with Gasteiger partial charge in [-0.2, -0.15) is 0 Å². The van der Waals surface area contributed by atoms with Crippen LogP contribution in [0.3, 0.4) is 0 Å². The van der Waals surface area contributed by atoms with Crippen LogP contribution in [0.15, 0.2) is 17.4 Å². The van der Waals surface area contributed by atoms with Crippen molar-refractivity contribution in [3.05, 3.63) is 12.4 Å². The Kier molecular flexibility index (Phi) is 7.85. The number of esters is 2. The number of amidine groups is 1. The third kappa shape index (κ3) is 5.71. The molecule has 9 heteroatoms. The van der Waals surface area contributed by atoms with Crippen LogP contribution in [0.5, 0.6) is 0 Å². The zero-order valence-electron chi connectivity index (χ0n) is 15.6. The predicted octanol–water partition coefficient (Wildman–Crippen LogP) is 0.262. The molecule has 0 spiro atoms. The van der Waals surface area contributed by atoms with Gasteiger partial charge in [-0.3, -0.25) is 14.6 Å². The van der Waals surface area contributed by atoms with Crippen molar-refractivity contribution in [3.8, 4) is 0 Å². The highest BCUT2D eigenvalue weighted by molar-refractivity contribution is 5.80. The Balaban J connectivity index is 2.95. The Morgan fingerprint density at radius 3 is 2.36 bits per heavy atom. The number of nitrogens with one attached hydrogen (secondary N) is 1. The fraction of sp³-hybridized carbons (Fsp3) is 0.688. The third-order valence-corrected chi connectivity index (χ3v) is 3.78. The average molecular weight is 357 g/mol. The van der Waals surface area contributed by atoms with E-state index in [1.165, 1.54) is 21.0 Å². The summed E-state index contributed by atoms with van der Waals surface area (Å²) in [6, 6.07) is 0. The molecule has 1 fully saturated rings. The maximum atomic E-state index is 11.4. The highest BCUT2D eigenvalue weighted by atomic mass is 16.6. The van der Waals surface area contributed by atoms with Gasteiger partial charge in [0.25, 0.3) is 0 Å². The summed E-state index contributed by atoms with van der Waals surface area (Å²) >= 11 is 0. The molecule has 1 heterocycles. The number of ether oxygens (including phenoxy) is 4. The van der Waals surface area contributed by atoms with Crippen LogP contribution in [-0.4, -0.2) is 75.0 Å². The highest BCUT2D eigenvalue weighted by Gasteiger charge is 2.49. The number of likely N-dealkylation sites (N-methyl/N-ethyl adjacent to an activating group) is 1. The molecular formula is C16H27N3O6. The number of aliphatic imine (C=N–C) groups is 1. The lowest BCUT2D eigenvalue weighted by Crippen LogP contribution is -2.46. The first-order chi connectivity index (χ1) is 11.7. The molecule has 4 atom stereocenters. The lowest BCUT2D eigenvalue weighted by molar-refractivity contribution is -0.158. The maximum absolute atomic E-state index is 11.4. The topological polar surface area (TPSA) is 98.7 Å². The maximum Gasteiger partial charge on any atom is 0.303 e. The Labute approximate surface area is 148 Å². The van der Waals surface area contributed by atoms with E-state index in [2.05, 4.69) is 16.9 Å². The largest absolute Gasteiger partial charge is 0.463 e. The second-order valence-corrected chi connectivity index (χ2v) is 5.63. The van der Waals surface area contributed by atoms with Crippen molar-refractivity contribution in [2.75, 3.05) is 27.8 Å². The second kappa shape index (κ2) is 9.38. The zero-order chi connectivity index (χ0) is 19.1. The van der Waals surface area contributed by atoms with Crippen LogP contribution in [0.4, 0.5) is 0 Å². The van der Waals surface area contributed by atoms with Gasteiger partial charge in [0.15, 0.2) is 12.3 Å². The molecule has 25 heavy (non-hydrogen) atoms. The van der Waals surface area contributed by atoms with Crippen molar-refractivity contribution >= 4 is 17.8 Å². The molecule has 0 amide bonds. The summed E-state index contributed by atoms with van der Waals surface area (Å²) < 4.78 is 21.8. The summed E-state index contributed by atoms with van der Waals surface area (Å²) in [6.45, 7) is 8.29. The molecule has 0 aromatic carbocycles. The number of rotatable bonds is 7. The molecule has 0 aromatic heterocycles. The van der Waals surface area contributed by atoms with E-state index in [0.29, 0.717) is 11.7 Å². The molecule has 1 unspecified atom stereocenters. The number of carbonyl (C=O) groups is 2. The number of carbonyl (C=O) groups excluding carboxylic acids is 2. The van der Waals surface area contributed by atoms with Crippen molar-refractivity contribution < 1.29 is 28.5 Å². The van der Waals surface area contributed by atoms with Gasteiger partial charge in [0.1, 0.15) is 24.6 Å². The first-order valence-corrected chi connectivity index (χ1v) is 7.82. The van der Waals surface area contributed by atoms with Gasteiger partial charge in [0.2, 0.25) is 0 Å². The minimum atomic E-state index is -0.719. The second-order valence-electron chi connectivity index (χ2n) is 5.63. The normalized spacial score (nSPS) is 26.1. The van der Waals surface area contributed by atoms with Crippen LogP contribution >= 0.6 is 0 Å². The molecule has 1 saturated heterocycles. The Bertz CT molecular complexity index is 536. The predicted molar refractivity (Wildman–Crippen MR) is 90.7 cm³/mol. The van der Waals surface area contributed by atoms with Gasteiger partial charge in [-0.1, -0.05) is 6.58 Å². The molecule has 0 radical (unpaired) electrons. The van der Waals surface area contributed by atoms with Crippen molar-refractivity contribution in [1.29, 1.82) is 0 Å². The van der Waals surface area contributed by atoms with Crippen LogP contribution in [0.2, 0.25) is 0 Å². The molecule has 1 rings (SSSR count). The fourth-order valence-corrected chi connectivity index (χ4v) is 2.44. The Morgan fingerprint density at radius 2 is 1.88 bits per heavy atom. The summed E-state index contributed by atoms with van der Waals surface area (Å²) in [5.41, 5.74) is 0. The summed E-state index contributed by atoms with van der Waals surface area (Å²) in [4.78, 5) is 28.3. The van der Waals surface area contributed by atoms with Crippen LogP contribution in [0, 0.1) is 0 Å². The van der Waals surface area contributed by atoms with Gasteiger partial charge < -0.3 is 29.2 Å². The third-order valence-electron chi connectivity index (χ3n) is 3.78. The van der Waals surface area contributed by atoms with Crippen molar-refractivity contribution in [2.24, 2.45) is 4.99 Å². The molecule has 1 aliphatic heterocycles. The van der Waals surface area contributed by atoms with Crippen LogP contribution in [0.25, 0.3) is 0 Å². The standard InChI is InChI=1S/C16H27N3O6/c1-9(17-5)18-10(2)19(6)16-15(22-7)14(24-12(4)21)13(25-16)8-23-11(3)20/h13-16H,2,8H2,1,3-7H3,(H,17,18)/t13-,14?,15+,16-/m1/s1. The summed E-state index contributed by atoms with van der Waals surface area (Å²) in [5, 5.41) is 3.02. The number of nitrogens with zero attached hydrogens (tertiary/aromatic N) is 2. The Morgan fingerprint density at radius 1 is 1.24 bits per heavy atom. The monoisotopic (exact) mass is 357 g/mol. The lowest BCUT2D eigenvalue weighted by Gasteiger charge is -2.31. The molecule has 9 nitrogen and oxygen atoms in total. The SMILES string of the molecule is C=C(NC(C)=NC)N(C)[C@@H]1O[C@H](COC(C)=O)C(OC(C)=O)[C@@H]1OC. The minimum absolute atomic E-state index is 0.0488. The molecule has 1 N–H and O–H groups in total. The van der Waals surface area contributed by atoms with Crippen LogP contribution < -0.4 is 5.32 Å². The van der Waals surface area contributed by atoms with E-state index in [4.69, 9.17) is 18.9 Å². The molecular weight excluding hydrogens is 330 g/mol. The molecule has 0 bridgehead atoms. The van der Waals surface area contributed by atoms with Crippen molar-refractivity contribution in [2.45, 2.75) is 45.3 Å². The summed E-state index contributed by atoms with van der Waals surface area (Å²) in [6.07, 6.45) is -2.56. The van der Waals surface area contributed by atoms with Crippen molar-refractivity contribution in [3.63, 3.8) is 0 Å². The van der Waals surface area contributed by atoms with Crippen LogP contribution in [0.1, 0.15) is 20.8 Å². The number of hydrogen-bond acceptors (Lipinski definition) is 8. The quantitative estimate of drug-likeness (QED) is 0.394. The van der Waals surface area contributed by atoms with Gasteiger partial charge in [0, 0.05) is 35.1 Å². The van der Waals surface area contributed by atoms with E-state index in [-0.39, 0.29) is 6.61 Å². The van der Waals surface area contributed by atoms with E-state index < -0.39 is 36.5 Å². The highest BCUT2D eigenvalue weighted by Crippen LogP contribution is 2.29. The summed E-state index contributed by atoms with van der Waals surface area (Å²) in [5.74, 6) is 0.288. The molecule has 1 aliphatic rings. The lowest BCUT2D eigenvalue weighted by atomic mass is 10.1. The molecule has 142 valence electrons. The van der Waals surface area contributed by atoms with Crippen LogP contribution in [-0.2, 0) is 28.5 Å². The fourth-order valence-electron chi connectivity index (χ4n) is 2.44. The number of hydrogen-bond donors (Lipinski definition) is 1. The number of methoxy groups -OCH3 is 1. The molecule has 0 aliphatic carbocycles. The zero-order valence-corrected chi connectivity index (χ0v) is 15.6. The van der Waals surface area contributed by atoms with E-state index in [1.807, 2.05) is 0 Å². The van der Waals surface area contributed by atoms with Crippen molar-refractivity contribution in [1.82, 2.24) is 10.2 Å². The molecule has 0 aromatic rings. The summed E-state index contributed by atoms with van der Waals surface area (Å²) in [7, 11) is 4.91. The first-order valence-electron chi connectivity index (χ1n) is 7.82. The van der Waals surface area contributed by atoms with Gasteiger partial charge in [0.05, 0.1) is 5.84 Å². The van der Waals surface area contributed by atoms with Gasteiger partial charge >= 0.3 is 11.9 Å². The van der Waals surface area contributed by atoms with Gasteiger partial charge in [-0.25, -0.2) is 0 Å². The minimum Gasteiger partial charge on any atom is -0.463 e. The van der Waals surface area contributed by atoms with E-state index in [0.717, 1.165) is 0 Å². The molecule has 0 saturated carbocycles. The first kappa shape index (κ1) is 20.9. The smallest absolute Gasteiger partial charge is 0.303 e. The van der Waals surface area contributed by atoms with E-state index in [1.54, 1.807) is 25.9 Å². The van der Waals surface area contributed by atoms with E-state index in [9.17, 15) is 9.59 Å². The van der Waals surface area contributed by atoms with Gasteiger partial charge in [-0.15, -0.1) is 0 Å². The Hall–Kier alpha value is -2.13. The van der Waals surface area contributed by atoms with E-state index >= 15 is 0 Å².